The topological polar surface area (TPSA) is 40.5 Å². The van der Waals surface area contributed by atoms with Gasteiger partial charge in [0.1, 0.15) is 5.82 Å². The fraction of sp³-hybridized carbons (Fsp3) is 0.417. The van der Waals surface area contributed by atoms with Crippen LogP contribution in [0, 0.1) is 5.82 Å². The molecular weight excluding hydrogens is 289 g/mol. The van der Waals surface area contributed by atoms with Gasteiger partial charge < -0.3 is 10.0 Å². The Labute approximate surface area is 107 Å². The van der Waals surface area contributed by atoms with Gasteiger partial charge in [0, 0.05) is 4.47 Å². The minimum atomic E-state index is -0.794. The third-order valence-corrected chi connectivity index (χ3v) is 3.57. The number of hydrogen-bond donors (Lipinski definition) is 1. The van der Waals surface area contributed by atoms with E-state index >= 15 is 0 Å². The molecule has 92 valence electrons. The molecular formula is C12H13BrFNO2. The van der Waals surface area contributed by atoms with Crippen LogP contribution in [0.3, 0.4) is 0 Å². The summed E-state index contributed by atoms with van der Waals surface area (Å²) in [7, 11) is 0. The zero-order chi connectivity index (χ0) is 12.6. The van der Waals surface area contributed by atoms with Gasteiger partial charge in [-0.1, -0.05) is 22.9 Å². The number of halogens is 2. The van der Waals surface area contributed by atoms with Crippen molar-refractivity contribution in [2.24, 2.45) is 0 Å². The number of β-amino-alcohol motifs (C(OH)–C–C–N with tert-alkyl or cyclic N) is 1. The van der Waals surface area contributed by atoms with Gasteiger partial charge in [-0.2, -0.15) is 0 Å². The van der Waals surface area contributed by atoms with E-state index in [2.05, 4.69) is 15.9 Å². The van der Waals surface area contributed by atoms with Gasteiger partial charge in [0.2, 0.25) is 0 Å². The molecule has 1 N–H and O–H groups in total. The van der Waals surface area contributed by atoms with Gasteiger partial charge >= 0.3 is 0 Å². The summed E-state index contributed by atoms with van der Waals surface area (Å²) in [4.78, 5) is 13.4. The van der Waals surface area contributed by atoms with Crippen LogP contribution in [-0.2, 0) is 0 Å². The minimum Gasteiger partial charge on any atom is -0.386 e. The standard InChI is InChI=1S/C12H13BrFNO2/c1-2-12(17)6-15(7-12)11(16)9-5-8(13)3-4-10(9)14/h3-5,17H,2,6-7H2,1H3. The van der Waals surface area contributed by atoms with Crippen LogP contribution >= 0.6 is 15.9 Å². The van der Waals surface area contributed by atoms with E-state index in [0.29, 0.717) is 10.9 Å². The molecule has 0 aliphatic carbocycles. The molecule has 0 unspecified atom stereocenters. The van der Waals surface area contributed by atoms with Crippen LogP contribution in [0.4, 0.5) is 4.39 Å². The summed E-state index contributed by atoms with van der Waals surface area (Å²) in [5, 5.41) is 9.81. The van der Waals surface area contributed by atoms with Crippen LogP contribution < -0.4 is 0 Å². The van der Waals surface area contributed by atoms with E-state index in [0.717, 1.165) is 0 Å². The summed E-state index contributed by atoms with van der Waals surface area (Å²) in [6.07, 6.45) is 0.595. The summed E-state index contributed by atoms with van der Waals surface area (Å²) in [6, 6.07) is 4.26. The van der Waals surface area contributed by atoms with Crippen molar-refractivity contribution in [3.63, 3.8) is 0 Å². The van der Waals surface area contributed by atoms with Gasteiger partial charge in [0.05, 0.1) is 24.3 Å². The van der Waals surface area contributed by atoms with Crippen LogP contribution in [0.1, 0.15) is 23.7 Å². The van der Waals surface area contributed by atoms with E-state index in [1.807, 2.05) is 6.92 Å². The molecule has 1 fully saturated rings. The van der Waals surface area contributed by atoms with E-state index in [-0.39, 0.29) is 24.6 Å². The summed E-state index contributed by atoms with van der Waals surface area (Å²) in [5.74, 6) is -0.910. The van der Waals surface area contributed by atoms with Crippen LogP contribution in [0.15, 0.2) is 22.7 Å². The summed E-state index contributed by atoms with van der Waals surface area (Å²) < 4.78 is 14.1. The van der Waals surface area contributed by atoms with Crippen molar-refractivity contribution in [3.05, 3.63) is 34.1 Å². The van der Waals surface area contributed by atoms with Crippen molar-refractivity contribution in [2.45, 2.75) is 18.9 Å². The predicted molar refractivity (Wildman–Crippen MR) is 65.2 cm³/mol. The molecule has 0 spiro atoms. The Morgan fingerprint density at radius 2 is 2.24 bits per heavy atom. The lowest BCUT2D eigenvalue weighted by Crippen LogP contribution is -2.63. The second kappa shape index (κ2) is 4.38. The molecule has 2 rings (SSSR count). The van der Waals surface area contributed by atoms with E-state index in [4.69, 9.17) is 0 Å². The molecule has 5 heteroatoms. The largest absolute Gasteiger partial charge is 0.386 e. The Balaban J connectivity index is 2.14. The number of carbonyl (C=O) groups is 1. The third kappa shape index (κ3) is 2.35. The lowest BCUT2D eigenvalue weighted by atomic mass is 9.90. The maximum absolute atomic E-state index is 13.5. The molecule has 0 atom stereocenters. The summed E-state index contributed by atoms with van der Waals surface area (Å²) in [6.45, 7) is 2.41. The van der Waals surface area contributed by atoms with E-state index in [9.17, 15) is 14.3 Å². The van der Waals surface area contributed by atoms with Gasteiger partial charge in [-0.25, -0.2) is 4.39 Å². The Morgan fingerprint density at radius 1 is 1.59 bits per heavy atom. The molecule has 1 aliphatic heterocycles. The zero-order valence-electron chi connectivity index (χ0n) is 9.41. The Kier molecular flexibility index (Phi) is 3.23. The second-order valence-corrected chi connectivity index (χ2v) is 5.28. The van der Waals surface area contributed by atoms with Gasteiger partial charge in [0.25, 0.3) is 5.91 Å². The maximum Gasteiger partial charge on any atom is 0.257 e. The number of nitrogens with zero attached hydrogens (tertiary/aromatic N) is 1. The van der Waals surface area contributed by atoms with Crippen molar-refractivity contribution in [1.29, 1.82) is 0 Å². The first-order chi connectivity index (χ1) is 7.95. The van der Waals surface area contributed by atoms with Crippen LogP contribution in [0.25, 0.3) is 0 Å². The first kappa shape index (κ1) is 12.5. The van der Waals surface area contributed by atoms with Gasteiger partial charge in [-0.3, -0.25) is 4.79 Å². The maximum atomic E-state index is 13.5. The average Bonchev–Trinajstić information content (AvgIpc) is 2.27. The Hall–Kier alpha value is -0.940. The zero-order valence-corrected chi connectivity index (χ0v) is 11.0. The smallest absolute Gasteiger partial charge is 0.257 e. The molecule has 1 aromatic rings. The van der Waals surface area contributed by atoms with Crippen molar-refractivity contribution in [2.75, 3.05) is 13.1 Å². The molecule has 1 amide bonds. The fourth-order valence-electron chi connectivity index (χ4n) is 1.86. The van der Waals surface area contributed by atoms with Crippen LogP contribution in [-0.4, -0.2) is 34.6 Å². The van der Waals surface area contributed by atoms with Crippen molar-refractivity contribution in [3.8, 4) is 0 Å². The molecule has 3 nitrogen and oxygen atoms in total. The first-order valence-corrected chi connectivity index (χ1v) is 6.21. The molecule has 1 aromatic carbocycles. The van der Waals surface area contributed by atoms with E-state index < -0.39 is 11.4 Å². The second-order valence-electron chi connectivity index (χ2n) is 4.36. The monoisotopic (exact) mass is 301 g/mol. The van der Waals surface area contributed by atoms with Crippen LogP contribution in [0.5, 0.6) is 0 Å². The molecule has 1 heterocycles. The Morgan fingerprint density at radius 3 is 2.82 bits per heavy atom. The number of benzene rings is 1. The van der Waals surface area contributed by atoms with Gasteiger partial charge in [-0.05, 0) is 24.6 Å². The molecule has 17 heavy (non-hydrogen) atoms. The van der Waals surface area contributed by atoms with E-state index in [1.54, 1.807) is 6.07 Å². The lowest BCUT2D eigenvalue weighted by molar-refractivity contribution is -0.0827. The fourth-order valence-corrected chi connectivity index (χ4v) is 2.22. The number of hydrogen-bond acceptors (Lipinski definition) is 2. The molecule has 0 aromatic heterocycles. The van der Waals surface area contributed by atoms with Crippen molar-refractivity contribution < 1.29 is 14.3 Å². The highest BCUT2D eigenvalue weighted by Gasteiger charge is 2.42. The normalized spacial score (nSPS) is 17.8. The van der Waals surface area contributed by atoms with Crippen molar-refractivity contribution >= 4 is 21.8 Å². The lowest BCUT2D eigenvalue weighted by Gasteiger charge is -2.46. The highest BCUT2D eigenvalue weighted by Crippen LogP contribution is 2.27. The quantitative estimate of drug-likeness (QED) is 0.910. The third-order valence-electron chi connectivity index (χ3n) is 3.07. The van der Waals surface area contributed by atoms with Crippen LogP contribution in [0.2, 0.25) is 0 Å². The van der Waals surface area contributed by atoms with E-state index in [1.165, 1.54) is 17.0 Å². The number of amides is 1. The summed E-state index contributed by atoms with van der Waals surface area (Å²) in [5.41, 5.74) is -0.754. The molecule has 0 saturated carbocycles. The van der Waals surface area contributed by atoms with Gasteiger partial charge in [0.15, 0.2) is 0 Å². The number of rotatable bonds is 2. The highest BCUT2D eigenvalue weighted by molar-refractivity contribution is 9.10. The molecule has 1 aliphatic rings. The number of carbonyl (C=O) groups excluding carboxylic acids is 1. The van der Waals surface area contributed by atoms with Gasteiger partial charge in [-0.15, -0.1) is 0 Å². The van der Waals surface area contributed by atoms with Crippen molar-refractivity contribution in [1.82, 2.24) is 4.90 Å². The molecule has 1 saturated heterocycles. The average molecular weight is 302 g/mol. The SMILES string of the molecule is CCC1(O)CN(C(=O)c2cc(Br)ccc2F)C1. The number of likely N-dealkylation sites (tertiary alicyclic amines) is 1. The minimum absolute atomic E-state index is 0.0394. The highest BCUT2D eigenvalue weighted by atomic mass is 79.9. The number of aliphatic hydroxyl groups is 1. The first-order valence-electron chi connectivity index (χ1n) is 5.42. The summed E-state index contributed by atoms with van der Waals surface area (Å²) >= 11 is 3.20. The Bertz CT molecular complexity index is 458. The predicted octanol–water partition coefficient (Wildman–Crippen LogP) is 2.19. The molecule has 0 bridgehead atoms. The molecule has 0 radical (unpaired) electrons.